The molecule has 1 aromatic heterocycles. The van der Waals surface area contributed by atoms with Crippen molar-refractivity contribution in [1.82, 2.24) is 4.98 Å². The summed E-state index contributed by atoms with van der Waals surface area (Å²) in [5, 5.41) is 2.86. The minimum atomic E-state index is -0.959. The first kappa shape index (κ1) is 17.6. The minimum absolute atomic E-state index is 0.201. The second-order valence-corrected chi connectivity index (χ2v) is 5.43. The number of amides is 1. The highest BCUT2D eigenvalue weighted by atomic mass is 35.5. The fourth-order valence-corrected chi connectivity index (χ4v) is 2.05. The van der Waals surface area contributed by atoms with Crippen molar-refractivity contribution in [3.8, 4) is 0 Å². The van der Waals surface area contributed by atoms with Crippen LogP contribution in [-0.2, 0) is 9.53 Å². The Morgan fingerprint density at radius 1 is 1.08 bits per heavy atom. The van der Waals surface area contributed by atoms with E-state index in [2.05, 4.69) is 10.3 Å². The number of nitrogens with one attached hydrogen (secondary N) is 1. The maximum atomic E-state index is 12.3. The van der Waals surface area contributed by atoms with Gasteiger partial charge in [0.15, 0.2) is 6.10 Å². The van der Waals surface area contributed by atoms with Crippen LogP contribution in [0.1, 0.15) is 34.6 Å². The van der Waals surface area contributed by atoms with Crippen LogP contribution in [0.2, 0.25) is 5.15 Å². The molecule has 0 unspecified atom stereocenters. The Morgan fingerprint density at radius 3 is 2.25 bits per heavy atom. The first-order valence-electron chi connectivity index (χ1n) is 7.11. The summed E-state index contributed by atoms with van der Waals surface area (Å²) in [6, 6.07) is 9.25. The molecule has 6 nitrogen and oxygen atoms in total. The van der Waals surface area contributed by atoms with Gasteiger partial charge in [-0.1, -0.05) is 11.6 Å². The van der Waals surface area contributed by atoms with E-state index >= 15 is 0 Å². The van der Waals surface area contributed by atoms with Crippen LogP contribution in [0.3, 0.4) is 0 Å². The molecule has 0 spiro atoms. The zero-order chi connectivity index (χ0) is 17.7. The molecule has 7 heteroatoms. The number of Topliss-reactive ketones (excluding diaryl/α,β-unsaturated/α-hetero) is 1. The molecule has 0 aliphatic carbocycles. The molecular formula is C17H15ClN2O4. The first-order chi connectivity index (χ1) is 11.4. The number of aromatic nitrogens is 1. The second kappa shape index (κ2) is 7.70. The van der Waals surface area contributed by atoms with E-state index in [1.54, 1.807) is 24.3 Å². The zero-order valence-corrected chi connectivity index (χ0v) is 13.8. The highest BCUT2D eigenvalue weighted by Crippen LogP contribution is 2.14. The third-order valence-electron chi connectivity index (χ3n) is 3.11. The SMILES string of the molecule is CC(=O)Nc1ccc(C(=O)[C@H](C)OC(=O)c2ccc(Cl)nc2)cc1. The van der Waals surface area contributed by atoms with Crippen molar-refractivity contribution in [3.05, 3.63) is 58.9 Å². The summed E-state index contributed by atoms with van der Waals surface area (Å²) in [5.41, 5.74) is 1.16. The van der Waals surface area contributed by atoms with E-state index in [1.807, 2.05) is 0 Å². The van der Waals surface area contributed by atoms with Gasteiger partial charge in [-0.15, -0.1) is 0 Å². The van der Waals surface area contributed by atoms with Crippen LogP contribution in [0, 0.1) is 0 Å². The van der Waals surface area contributed by atoms with E-state index in [-0.39, 0.29) is 22.4 Å². The molecule has 1 amide bonds. The van der Waals surface area contributed by atoms with Gasteiger partial charge in [0.25, 0.3) is 0 Å². The standard InChI is InChI=1S/C17H15ClN2O4/c1-10(24-17(23)13-5-8-15(18)19-9-13)16(22)12-3-6-14(7-4-12)20-11(2)21/h3-10H,1-2H3,(H,20,21)/t10-/m0/s1. The van der Waals surface area contributed by atoms with E-state index < -0.39 is 12.1 Å². The highest BCUT2D eigenvalue weighted by Gasteiger charge is 2.20. The molecule has 0 saturated carbocycles. The van der Waals surface area contributed by atoms with Gasteiger partial charge in [0.1, 0.15) is 5.15 Å². The lowest BCUT2D eigenvalue weighted by Gasteiger charge is -2.12. The molecule has 0 radical (unpaired) electrons. The fraction of sp³-hybridized carbons (Fsp3) is 0.176. The number of carbonyl (C=O) groups excluding carboxylic acids is 3. The molecule has 1 atom stereocenters. The Labute approximate surface area is 143 Å². The number of halogens is 1. The second-order valence-electron chi connectivity index (χ2n) is 5.04. The number of rotatable bonds is 5. The summed E-state index contributed by atoms with van der Waals surface area (Å²) < 4.78 is 5.15. The van der Waals surface area contributed by atoms with Crippen LogP contribution < -0.4 is 5.32 Å². The molecule has 0 saturated heterocycles. The molecular weight excluding hydrogens is 332 g/mol. The van der Waals surface area contributed by atoms with E-state index in [9.17, 15) is 14.4 Å². The van der Waals surface area contributed by atoms with Gasteiger partial charge in [-0.05, 0) is 43.3 Å². The van der Waals surface area contributed by atoms with Gasteiger partial charge in [0, 0.05) is 24.4 Å². The maximum Gasteiger partial charge on any atom is 0.340 e. The molecule has 1 heterocycles. The Hall–Kier alpha value is -2.73. The van der Waals surface area contributed by atoms with Gasteiger partial charge >= 0.3 is 5.97 Å². The van der Waals surface area contributed by atoms with Gasteiger partial charge in [0.05, 0.1) is 5.56 Å². The molecule has 0 fully saturated rings. The molecule has 2 aromatic rings. The van der Waals surface area contributed by atoms with Crippen LogP contribution >= 0.6 is 11.6 Å². The third kappa shape index (κ3) is 4.63. The lowest BCUT2D eigenvalue weighted by Crippen LogP contribution is -2.24. The predicted molar refractivity (Wildman–Crippen MR) is 89.2 cm³/mol. The summed E-state index contributed by atoms with van der Waals surface area (Å²) in [5.74, 6) is -1.21. The molecule has 1 aromatic carbocycles. The normalized spacial score (nSPS) is 11.5. The largest absolute Gasteiger partial charge is 0.451 e. The molecule has 2 rings (SSSR count). The van der Waals surface area contributed by atoms with E-state index in [0.717, 1.165) is 0 Å². The van der Waals surface area contributed by atoms with Crippen molar-refractivity contribution in [2.45, 2.75) is 20.0 Å². The van der Waals surface area contributed by atoms with Crippen molar-refractivity contribution in [2.24, 2.45) is 0 Å². The molecule has 0 aliphatic rings. The summed E-state index contributed by atoms with van der Waals surface area (Å²) in [7, 11) is 0. The topological polar surface area (TPSA) is 85.4 Å². The number of hydrogen-bond donors (Lipinski definition) is 1. The van der Waals surface area contributed by atoms with Crippen molar-refractivity contribution >= 4 is 34.9 Å². The van der Waals surface area contributed by atoms with E-state index in [1.165, 1.54) is 32.2 Å². The van der Waals surface area contributed by atoms with Crippen molar-refractivity contribution in [1.29, 1.82) is 0 Å². The van der Waals surface area contributed by atoms with Gasteiger partial charge in [-0.3, -0.25) is 9.59 Å². The van der Waals surface area contributed by atoms with Crippen molar-refractivity contribution in [3.63, 3.8) is 0 Å². The van der Waals surface area contributed by atoms with E-state index in [0.29, 0.717) is 11.3 Å². The van der Waals surface area contributed by atoms with Gasteiger partial charge in [-0.2, -0.15) is 0 Å². The van der Waals surface area contributed by atoms with Gasteiger partial charge in [-0.25, -0.2) is 9.78 Å². The number of esters is 1. The number of carbonyl (C=O) groups is 3. The van der Waals surface area contributed by atoms with Crippen LogP contribution in [-0.4, -0.2) is 28.7 Å². The highest BCUT2D eigenvalue weighted by molar-refractivity contribution is 6.29. The van der Waals surface area contributed by atoms with Crippen LogP contribution in [0.25, 0.3) is 0 Å². The molecule has 1 N–H and O–H groups in total. The molecule has 24 heavy (non-hydrogen) atoms. The molecule has 0 aliphatic heterocycles. The number of ketones is 1. The Balaban J connectivity index is 2.02. The number of ether oxygens (including phenoxy) is 1. The average Bonchev–Trinajstić information content (AvgIpc) is 2.54. The number of hydrogen-bond acceptors (Lipinski definition) is 5. The Kier molecular flexibility index (Phi) is 5.65. The summed E-state index contributed by atoms with van der Waals surface area (Å²) >= 11 is 5.65. The number of benzene rings is 1. The number of pyridine rings is 1. The third-order valence-corrected chi connectivity index (χ3v) is 3.33. The summed E-state index contributed by atoms with van der Waals surface area (Å²) in [6.07, 6.45) is 0.323. The van der Waals surface area contributed by atoms with Gasteiger partial charge < -0.3 is 10.1 Å². The van der Waals surface area contributed by atoms with Crippen LogP contribution in [0.5, 0.6) is 0 Å². The Bertz CT molecular complexity index is 757. The van der Waals surface area contributed by atoms with Crippen molar-refractivity contribution < 1.29 is 19.1 Å². The quantitative estimate of drug-likeness (QED) is 0.510. The van der Waals surface area contributed by atoms with E-state index in [4.69, 9.17) is 16.3 Å². The smallest absolute Gasteiger partial charge is 0.340 e. The molecule has 124 valence electrons. The van der Waals surface area contributed by atoms with Crippen molar-refractivity contribution in [2.75, 3.05) is 5.32 Å². The lowest BCUT2D eigenvalue weighted by molar-refractivity contribution is -0.114. The zero-order valence-electron chi connectivity index (χ0n) is 13.1. The minimum Gasteiger partial charge on any atom is -0.451 e. The predicted octanol–water partition coefficient (Wildman–Crippen LogP) is 3.12. The monoisotopic (exact) mass is 346 g/mol. The first-order valence-corrected chi connectivity index (χ1v) is 7.49. The molecule has 0 bridgehead atoms. The van der Waals surface area contributed by atoms with Crippen LogP contribution in [0.4, 0.5) is 5.69 Å². The average molecular weight is 347 g/mol. The number of anilines is 1. The summed E-state index contributed by atoms with van der Waals surface area (Å²) in [6.45, 7) is 2.89. The number of nitrogens with zero attached hydrogens (tertiary/aromatic N) is 1. The van der Waals surface area contributed by atoms with Gasteiger partial charge in [0.2, 0.25) is 11.7 Å². The Morgan fingerprint density at radius 2 is 1.71 bits per heavy atom. The lowest BCUT2D eigenvalue weighted by atomic mass is 10.1. The van der Waals surface area contributed by atoms with Crippen LogP contribution in [0.15, 0.2) is 42.6 Å². The summed E-state index contributed by atoms with van der Waals surface area (Å²) in [4.78, 5) is 39.0. The fourth-order valence-electron chi connectivity index (χ4n) is 1.93. The maximum absolute atomic E-state index is 12.3.